The van der Waals surface area contributed by atoms with Crippen LogP contribution in [0, 0.1) is 5.89 Å². The predicted molar refractivity (Wildman–Crippen MR) is 95.3 cm³/mol. The van der Waals surface area contributed by atoms with Crippen LogP contribution in [0.5, 0.6) is 11.5 Å². The van der Waals surface area contributed by atoms with Crippen molar-refractivity contribution in [3.8, 4) is 11.5 Å². The number of hydrogen-bond acceptors (Lipinski definition) is 2. The van der Waals surface area contributed by atoms with Gasteiger partial charge in [0, 0.05) is 35.2 Å². The number of phenolic OH excluding ortho intramolecular Hbond substituents is 1. The zero-order valence-electron chi connectivity index (χ0n) is 28.9. The summed E-state index contributed by atoms with van der Waals surface area (Å²) in [6, 6.07) is -2.80. The molecule has 1 aliphatic carbocycles. The van der Waals surface area contributed by atoms with Crippen molar-refractivity contribution in [1.29, 1.82) is 0 Å². The maximum atomic E-state index is 11.2. The number of ether oxygens (including phenoxy) is 1. The third-order valence-corrected chi connectivity index (χ3v) is 3.85. The van der Waals surface area contributed by atoms with Crippen LogP contribution < -0.4 is 4.74 Å². The first-order valence-electron chi connectivity index (χ1n) is 15.6. The molecule has 0 spiro atoms. The minimum absolute atomic E-state index is 0.00613. The molecule has 1 aromatic carbocycles. The van der Waals surface area contributed by atoms with E-state index in [1.807, 2.05) is 6.92 Å². The van der Waals surface area contributed by atoms with Crippen molar-refractivity contribution in [3.05, 3.63) is 34.8 Å². The minimum atomic E-state index is -3.90. The van der Waals surface area contributed by atoms with E-state index in [2.05, 4.69) is 0 Å². The van der Waals surface area contributed by atoms with E-state index in [-0.39, 0.29) is 12.0 Å². The molecule has 0 saturated carbocycles. The molecule has 1 aliphatic heterocycles. The molecule has 0 fully saturated rings. The Labute approximate surface area is 163 Å². The van der Waals surface area contributed by atoms with Crippen LogP contribution in [0.2, 0.25) is 0 Å². The summed E-state index contributed by atoms with van der Waals surface area (Å²) in [6.45, 7) is -9.11. The molecule has 2 nitrogen and oxygen atoms in total. The number of allylic oxidation sites excluding steroid dienone is 2. The lowest BCUT2D eigenvalue weighted by Crippen LogP contribution is -2.45. The average molecular weight is 331 g/mol. The summed E-state index contributed by atoms with van der Waals surface area (Å²) in [5, 5.41) is 11.2. The molecule has 126 valence electrons. The molecule has 2 atom stereocenters. The van der Waals surface area contributed by atoms with Crippen molar-refractivity contribution in [3.63, 3.8) is 0 Å². The highest BCUT2D eigenvalue weighted by Gasteiger charge is 2.45. The summed E-state index contributed by atoms with van der Waals surface area (Å²) in [6.07, 6.45) is -2.93. The smallest absolute Gasteiger partial charge is 0.127 e. The summed E-state index contributed by atoms with van der Waals surface area (Å²) < 4.78 is 140. The summed E-state index contributed by atoms with van der Waals surface area (Å²) in [5.41, 5.74) is -6.10. The molecule has 0 unspecified atom stereocenters. The van der Waals surface area contributed by atoms with Crippen LogP contribution in [0.25, 0.3) is 0 Å². The van der Waals surface area contributed by atoms with E-state index in [0.717, 1.165) is 6.42 Å². The second-order valence-electron chi connectivity index (χ2n) is 5.73. The topological polar surface area (TPSA) is 29.5 Å². The van der Waals surface area contributed by atoms with Gasteiger partial charge in [0.05, 0.1) is 4.11 Å². The number of benzene rings is 1. The molecule has 3 rings (SSSR count). The molecular weight excluding hydrogens is 284 g/mol. The van der Waals surface area contributed by atoms with Crippen molar-refractivity contribution in [2.75, 3.05) is 0 Å². The molecule has 0 aromatic heterocycles. The Kier molecular flexibility index (Phi) is 1.58. The molecule has 2 heteroatoms. The van der Waals surface area contributed by atoms with Crippen molar-refractivity contribution in [1.82, 2.24) is 0 Å². The number of rotatable bonds is 4. The van der Waals surface area contributed by atoms with Crippen LogP contribution in [0.4, 0.5) is 0 Å². The van der Waals surface area contributed by atoms with Gasteiger partial charge in [-0.05, 0) is 63.8 Å². The molecule has 0 saturated heterocycles. The van der Waals surface area contributed by atoms with E-state index in [0.29, 0.717) is 12.8 Å². The van der Waals surface area contributed by atoms with E-state index in [4.69, 9.17) is 23.9 Å². The fourth-order valence-corrected chi connectivity index (χ4v) is 2.74. The number of unbranched alkanes of at least 4 members (excludes halogenated alkanes) is 2. The standard InChI is InChI=1S/C21H30O2/c1-5-6-7-8-15-12-18(22)20-16-11-14(2)9-10-17(16)21(3,4)23-19(20)13-15/h11-13,16-17,22H,5-10H2,1-4H3/t16-,17-/m1/s1/i2D3,3D3,4D3,10D2,11D,12D,13D,16D,17D. The van der Waals surface area contributed by atoms with Gasteiger partial charge in [-0.25, -0.2) is 0 Å². The maximum Gasteiger partial charge on any atom is 0.127 e. The number of phenols is 1. The van der Waals surface area contributed by atoms with E-state index in [1.54, 1.807) is 0 Å². The fraction of sp³-hybridized carbons (Fsp3) is 0.619. The summed E-state index contributed by atoms with van der Waals surface area (Å²) in [5.74, 6) is -9.49. The van der Waals surface area contributed by atoms with Gasteiger partial charge in [-0.2, -0.15) is 0 Å². The predicted octanol–water partition coefficient (Wildman–Crippen LogP) is 5.74. The van der Waals surface area contributed by atoms with Gasteiger partial charge in [0.15, 0.2) is 0 Å². The third-order valence-electron chi connectivity index (χ3n) is 3.85. The quantitative estimate of drug-likeness (QED) is 0.564. The van der Waals surface area contributed by atoms with E-state index < -0.39 is 91.5 Å². The van der Waals surface area contributed by atoms with Crippen LogP contribution in [0.1, 0.15) is 98.5 Å². The van der Waals surface area contributed by atoms with Gasteiger partial charge in [0.25, 0.3) is 0 Å². The summed E-state index contributed by atoms with van der Waals surface area (Å²) in [4.78, 5) is 0. The van der Waals surface area contributed by atoms with Crippen LogP contribution in [0.3, 0.4) is 0 Å². The Bertz CT molecular complexity index is 1180. The van der Waals surface area contributed by atoms with Crippen molar-refractivity contribution in [2.24, 2.45) is 5.89 Å². The SMILES string of the molecule is [2H]C1=C(C([2H])([2H])[2H])CC([2H])([2H])[C@@]2([2H])C(C([2H])([2H])[2H])(C([2H])([2H])[2H])Oc3c([2H])c(CCCCC)c([2H])c(O)c3[C@]12[2H]. The largest absolute Gasteiger partial charge is 0.507 e. The molecule has 2 aliphatic rings. The molecule has 0 radical (unpaired) electrons. The molecule has 1 heterocycles. The summed E-state index contributed by atoms with van der Waals surface area (Å²) in [7, 11) is 0. The lowest BCUT2D eigenvalue weighted by molar-refractivity contribution is 0.0107. The van der Waals surface area contributed by atoms with Crippen molar-refractivity contribution >= 4 is 0 Å². The van der Waals surface area contributed by atoms with Gasteiger partial charge in [-0.1, -0.05) is 31.4 Å². The van der Waals surface area contributed by atoms with Crippen LogP contribution in [0.15, 0.2) is 23.7 Å². The van der Waals surface area contributed by atoms with Crippen molar-refractivity contribution in [2.45, 2.75) is 77.5 Å². The Hall–Kier alpha value is -1.44. The van der Waals surface area contributed by atoms with E-state index in [9.17, 15) is 7.85 Å². The van der Waals surface area contributed by atoms with Gasteiger partial charge in [0.1, 0.15) is 17.1 Å². The average Bonchev–Trinajstić information content (AvgIpc) is 2.76. The Morgan fingerprint density at radius 3 is 3.09 bits per heavy atom. The van der Waals surface area contributed by atoms with Gasteiger partial charge < -0.3 is 9.84 Å². The van der Waals surface area contributed by atoms with Gasteiger partial charge in [-0.15, -0.1) is 0 Å². The Balaban J connectivity index is 2.69. The second kappa shape index (κ2) is 6.22. The lowest BCUT2D eigenvalue weighted by atomic mass is 9.68. The first kappa shape index (κ1) is 5.82. The normalized spacial score (nSPS) is 46.0. The number of aromatic hydroxyl groups is 1. The Morgan fingerprint density at radius 2 is 2.35 bits per heavy atom. The van der Waals surface area contributed by atoms with Crippen LogP contribution in [-0.4, -0.2) is 10.7 Å². The summed E-state index contributed by atoms with van der Waals surface area (Å²) >= 11 is 0. The fourth-order valence-electron chi connectivity index (χ4n) is 2.74. The van der Waals surface area contributed by atoms with Gasteiger partial charge in [0.2, 0.25) is 0 Å². The van der Waals surface area contributed by atoms with E-state index in [1.165, 1.54) is 0 Å². The number of fused-ring (bicyclic) bond motifs is 3. The minimum Gasteiger partial charge on any atom is -0.507 e. The molecule has 1 N–H and O–H groups in total. The highest BCUT2D eigenvalue weighted by atomic mass is 16.5. The molecule has 0 bridgehead atoms. The third kappa shape index (κ3) is 3.13. The van der Waals surface area contributed by atoms with E-state index >= 15 is 0 Å². The highest BCUT2D eigenvalue weighted by molar-refractivity contribution is 5.53. The van der Waals surface area contributed by atoms with Gasteiger partial charge in [-0.3, -0.25) is 0 Å². The monoisotopic (exact) mass is 330 g/mol. The number of hydrogen-bond donors (Lipinski definition) is 1. The first-order chi connectivity index (χ1) is 17.4. The van der Waals surface area contributed by atoms with Crippen LogP contribution >= 0.6 is 0 Å². The highest BCUT2D eigenvalue weighted by Crippen LogP contribution is 2.53. The maximum absolute atomic E-state index is 11.2. The molecule has 0 amide bonds. The lowest BCUT2D eigenvalue weighted by Gasteiger charge is -2.46. The zero-order chi connectivity index (χ0) is 30.4. The Morgan fingerprint density at radius 1 is 1.48 bits per heavy atom. The zero-order valence-corrected chi connectivity index (χ0v) is 12.9. The van der Waals surface area contributed by atoms with Gasteiger partial charge >= 0.3 is 0 Å². The first-order valence-corrected chi connectivity index (χ1v) is 7.65. The molecule has 1 aromatic rings. The molecule has 23 heavy (non-hydrogen) atoms. The molecular formula is C21H30O2. The van der Waals surface area contributed by atoms with Crippen LogP contribution in [-0.2, 0) is 6.42 Å². The van der Waals surface area contributed by atoms with Crippen molar-refractivity contribution < 1.29 is 31.8 Å². The second-order valence-corrected chi connectivity index (χ2v) is 5.73.